The highest BCUT2D eigenvalue weighted by molar-refractivity contribution is 7.89. The maximum atomic E-state index is 10.3. The highest BCUT2D eigenvalue weighted by atomic mass is 35.5. The molecule has 4 nitrogen and oxygen atoms in total. The summed E-state index contributed by atoms with van der Waals surface area (Å²) in [4.78, 5) is 0. The van der Waals surface area contributed by atoms with Crippen LogP contribution in [0.15, 0.2) is 0 Å². The molecule has 0 aliphatic heterocycles. The summed E-state index contributed by atoms with van der Waals surface area (Å²) in [7, 11) is -3.36. The SMILES string of the molecule is CCC([NH3+])S(N)(=O)=O.[Cl-]. The van der Waals surface area contributed by atoms with Gasteiger partial charge in [0.15, 0.2) is 5.37 Å². The molecule has 0 aliphatic carbocycles. The molecular formula is C3H11ClN2O2S. The molecule has 1 unspecified atom stereocenters. The molecule has 0 aromatic heterocycles. The maximum Gasteiger partial charge on any atom is 0.262 e. The van der Waals surface area contributed by atoms with E-state index in [-0.39, 0.29) is 12.4 Å². The van der Waals surface area contributed by atoms with E-state index in [1.807, 2.05) is 0 Å². The summed E-state index contributed by atoms with van der Waals surface area (Å²) in [6, 6.07) is 0. The predicted octanol–water partition coefficient (Wildman–Crippen LogP) is -4.74. The number of quaternary nitrogens is 1. The summed E-state index contributed by atoms with van der Waals surface area (Å²) in [6.07, 6.45) is 0.471. The van der Waals surface area contributed by atoms with E-state index in [2.05, 4.69) is 5.73 Å². The van der Waals surface area contributed by atoms with E-state index < -0.39 is 15.4 Å². The Morgan fingerprint density at radius 1 is 1.67 bits per heavy atom. The van der Waals surface area contributed by atoms with Gasteiger partial charge in [-0.15, -0.1) is 0 Å². The molecule has 0 radical (unpaired) electrons. The molecule has 0 spiro atoms. The molecule has 0 bridgehead atoms. The van der Waals surface area contributed by atoms with E-state index in [0.717, 1.165) is 0 Å². The predicted molar refractivity (Wildman–Crippen MR) is 30.1 cm³/mol. The van der Waals surface area contributed by atoms with Crippen LogP contribution in [0.25, 0.3) is 0 Å². The lowest BCUT2D eigenvalue weighted by Crippen LogP contribution is -3.00. The van der Waals surface area contributed by atoms with Gasteiger partial charge in [0, 0.05) is 6.42 Å². The van der Waals surface area contributed by atoms with Gasteiger partial charge in [-0.2, -0.15) is 0 Å². The molecule has 9 heavy (non-hydrogen) atoms. The van der Waals surface area contributed by atoms with Gasteiger partial charge in [0.05, 0.1) is 0 Å². The third-order valence-electron chi connectivity index (χ3n) is 0.920. The average molecular weight is 175 g/mol. The first-order valence-electron chi connectivity index (χ1n) is 2.33. The highest BCUT2D eigenvalue weighted by Crippen LogP contribution is 1.87. The van der Waals surface area contributed by atoms with Crippen LogP contribution in [-0.4, -0.2) is 13.8 Å². The lowest BCUT2D eigenvalue weighted by atomic mass is 10.5. The zero-order valence-electron chi connectivity index (χ0n) is 5.17. The zero-order valence-corrected chi connectivity index (χ0v) is 6.74. The van der Waals surface area contributed by atoms with Crippen LogP contribution in [0.3, 0.4) is 0 Å². The van der Waals surface area contributed by atoms with Crippen molar-refractivity contribution >= 4 is 10.0 Å². The second-order valence-electron chi connectivity index (χ2n) is 1.62. The summed E-state index contributed by atoms with van der Waals surface area (Å²) in [5, 5.41) is 4.05. The first-order valence-corrected chi connectivity index (χ1v) is 3.94. The second kappa shape index (κ2) is 4.05. The van der Waals surface area contributed by atoms with Gasteiger partial charge in [-0.3, -0.25) is 0 Å². The van der Waals surface area contributed by atoms with E-state index >= 15 is 0 Å². The molecule has 0 saturated heterocycles. The Morgan fingerprint density at radius 2 is 2.00 bits per heavy atom. The molecule has 0 aromatic carbocycles. The quantitative estimate of drug-likeness (QED) is 0.441. The Kier molecular flexibility index (Phi) is 5.36. The fraction of sp³-hybridized carbons (Fsp3) is 1.00. The molecule has 1 atom stereocenters. The van der Waals surface area contributed by atoms with Gasteiger partial charge in [-0.1, -0.05) is 6.92 Å². The van der Waals surface area contributed by atoms with Gasteiger partial charge in [0.2, 0.25) is 0 Å². The van der Waals surface area contributed by atoms with Crippen LogP contribution in [-0.2, 0) is 10.0 Å². The minimum atomic E-state index is -3.36. The minimum absolute atomic E-state index is 0. The Hall–Kier alpha value is 0.160. The Morgan fingerprint density at radius 3 is 2.00 bits per heavy atom. The lowest BCUT2D eigenvalue weighted by Gasteiger charge is -1.98. The third kappa shape index (κ3) is 4.65. The van der Waals surface area contributed by atoms with Crippen LogP contribution in [0.2, 0.25) is 0 Å². The standard InChI is InChI=1S/C3H10N2O2S.ClH/c1-2-3(4)8(5,6)7;/h3H,2,4H2,1H3,(H2,5,6,7);1H. The first kappa shape index (κ1) is 11.9. The van der Waals surface area contributed by atoms with Crippen molar-refractivity contribution in [3.63, 3.8) is 0 Å². The molecule has 0 fully saturated rings. The monoisotopic (exact) mass is 174 g/mol. The summed E-state index contributed by atoms with van der Waals surface area (Å²) in [6.45, 7) is 1.72. The fourth-order valence-electron chi connectivity index (χ4n) is 0.232. The number of nitrogens with two attached hydrogens (primary N) is 1. The van der Waals surface area contributed by atoms with Gasteiger partial charge in [0.25, 0.3) is 10.0 Å². The van der Waals surface area contributed by atoms with E-state index in [1.54, 1.807) is 6.92 Å². The molecule has 0 saturated carbocycles. The molecule has 58 valence electrons. The van der Waals surface area contributed by atoms with Gasteiger partial charge < -0.3 is 18.1 Å². The van der Waals surface area contributed by atoms with Crippen molar-refractivity contribution in [2.75, 3.05) is 0 Å². The van der Waals surface area contributed by atoms with Crippen molar-refractivity contribution < 1.29 is 26.6 Å². The second-order valence-corrected chi connectivity index (χ2v) is 3.46. The van der Waals surface area contributed by atoms with Crippen molar-refractivity contribution in [1.29, 1.82) is 0 Å². The number of sulfonamides is 1. The molecule has 0 aromatic rings. The molecule has 0 amide bonds. The number of hydrogen-bond donors (Lipinski definition) is 2. The van der Waals surface area contributed by atoms with Crippen molar-refractivity contribution in [3.05, 3.63) is 0 Å². The highest BCUT2D eigenvalue weighted by Gasteiger charge is 2.15. The van der Waals surface area contributed by atoms with Crippen LogP contribution >= 0.6 is 0 Å². The van der Waals surface area contributed by atoms with Crippen LogP contribution in [0.4, 0.5) is 0 Å². The van der Waals surface area contributed by atoms with Crippen LogP contribution in [0.5, 0.6) is 0 Å². The average Bonchev–Trinajstić information content (AvgIpc) is 1.62. The minimum Gasteiger partial charge on any atom is -1.00 e. The van der Waals surface area contributed by atoms with Crippen LogP contribution in [0, 0.1) is 0 Å². The molecule has 0 aliphatic rings. The Bertz CT molecular complexity index is 155. The van der Waals surface area contributed by atoms with Crippen molar-refractivity contribution in [2.24, 2.45) is 5.14 Å². The zero-order chi connectivity index (χ0) is 6.78. The van der Waals surface area contributed by atoms with Crippen molar-refractivity contribution in [3.8, 4) is 0 Å². The third-order valence-corrected chi connectivity index (χ3v) is 2.18. The van der Waals surface area contributed by atoms with Gasteiger partial charge >= 0.3 is 0 Å². The van der Waals surface area contributed by atoms with E-state index in [0.29, 0.717) is 6.42 Å². The fourth-order valence-corrected chi connectivity index (χ4v) is 0.697. The number of rotatable bonds is 2. The molecule has 6 heteroatoms. The summed E-state index contributed by atoms with van der Waals surface area (Å²) in [5.74, 6) is 0. The number of halogens is 1. The van der Waals surface area contributed by atoms with Gasteiger partial charge in [0.1, 0.15) is 0 Å². The smallest absolute Gasteiger partial charge is 0.262 e. The topological polar surface area (TPSA) is 87.8 Å². The van der Waals surface area contributed by atoms with E-state index in [1.165, 1.54) is 0 Å². The summed E-state index contributed by atoms with van der Waals surface area (Å²) >= 11 is 0. The molecule has 0 rings (SSSR count). The lowest BCUT2D eigenvalue weighted by molar-refractivity contribution is -0.388. The molecule has 5 N–H and O–H groups in total. The normalized spacial score (nSPS) is 14.1. The summed E-state index contributed by atoms with van der Waals surface area (Å²) < 4.78 is 20.6. The number of hydrogen-bond acceptors (Lipinski definition) is 2. The van der Waals surface area contributed by atoms with E-state index in [9.17, 15) is 8.42 Å². The van der Waals surface area contributed by atoms with Crippen LogP contribution in [0.1, 0.15) is 13.3 Å². The van der Waals surface area contributed by atoms with Gasteiger partial charge in [-0.25, -0.2) is 13.6 Å². The van der Waals surface area contributed by atoms with E-state index in [4.69, 9.17) is 5.14 Å². The maximum absolute atomic E-state index is 10.3. The Balaban J connectivity index is 0. The van der Waals surface area contributed by atoms with Crippen LogP contribution < -0.4 is 23.3 Å². The molecular weight excluding hydrogens is 164 g/mol. The summed E-state index contributed by atoms with van der Waals surface area (Å²) in [5.41, 5.74) is 3.31. The Labute approximate surface area is 61.1 Å². The van der Waals surface area contributed by atoms with Gasteiger partial charge in [-0.05, 0) is 0 Å². The largest absolute Gasteiger partial charge is 1.00 e. The van der Waals surface area contributed by atoms with Crippen molar-refractivity contribution in [2.45, 2.75) is 18.7 Å². The first-order chi connectivity index (χ1) is 3.48. The number of primary sulfonamides is 1. The molecule has 0 heterocycles. The van der Waals surface area contributed by atoms with Crippen molar-refractivity contribution in [1.82, 2.24) is 0 Å².